The quantitative estimate of drug-likeness (QED) is 0.153. The number of hydrogen-bond acceptors (Lipinski definition) is 4. The zero-order chi connectivity index (χ0) is 43.1. The van der Waals surface area contributed by atoms with Crippen molar-refractivity contribution in [2.75, 3.05) is 0 Å². The molecule has 0 saturated carbocycles. The highest BCUT2D eigenvalue weighted by molar-refractivity contribution is 6.09. The Kier molecular flexibility index (Phi) is 9.46. The number of fused-ring (bicyclic) bond motifs is 4. The molecule has 12 aromatic rings. The number of nitrogens with zero attached hydrogens (tertiary/aromatic N) is 3. The van der Waals surface area contributed by atoms with Gasteiger partial charge in [-0.15, -0.1) is 0 Å². The average molecular weight is 830 g/mol. The van der Waals surface area contributed by atoms with E-state index in [1.54, 1.807) is 0 Å². The first-order valence-corrected chi connectivity index (χ1v) is 21.9. The van der Waals surface area contributed by atoms with Crippen LogP contribution in [0.5, 0.6) is 0 Å². The molecule has 0 N–H and O–H groups in total. The molecule has 0 amide bonds. The van der Waals surface area contributed by atoms with Crippen molar-refractivity contribution in [3.05, 3.63) is 237 Å². The van der Waals surface area contributed by atoms with Crippen LogP contribution in [0.2, 0.25) is 0 Å². The van der Waals surface area contributed by atoms with E-state index in [1.165, 1.54) is 21.9 Å². The Hall–Kier alpha value is -8.73. The van der Waals surface area contributed by atoms with E-state index in [0.29, 0.717) is 17.5 Å². The summed E-state index contributed by atoms with van der Waals surface area (Å²) in [5.41, 5.74) is 15.9. The highest BCUT2D eigenvalue weighted by Crippen LogP contribution is 2.40. The number of benzene rings is 10. The predicted molar refractivity (Wildman–Crippen MR) is 268 cm³/mol. The van der Waals surface area contributed by atoms with Crippen LogP contribution < -0.4 is 0 Å². The Morgan fingerprint density at radius 3 is 1.17 bits per heavy atom. The molecule has 0 aliphatic heterocycles. The molecule has 2 heterocycles. The molecule has 0 atom stereocenters. The molecule has 10 aromatic carbocycles. The first kappa shape index (κ1) is 38.0. The third-order valence-corrected chi connectivity index (χ3v) is 12.4. The van der Waals surface area contributed by atoms with Crippen molar-refractivity contribution < 1.29 is 4.42 Å². The van der Waals surface area contributed by atoms with E-state index < -0.39 is 0 Å². The summed E-state index contributed by atoms with van der Waals surface area (Å²) in [6, 6.07) is 82.9. The number of hydrogen-bond donors (Lipinski definition) is 0. The van der Waals surface area contributed by atoms with E-state index >= 15 is 0 Å². The molecular weight excluding hydrogens is 791 g/mol. The molecule has 4 heteroatoms. The van der Waals surface area contributed by atoms with Crippen LogP contribution in [0.4, 0.5) is 0 Å². The summed E-state index contributed by atoms with van der Waals surface area (Å²) in [6.45, 7) is 0. The lowest BCUT2D eigenvalue weighted by Gasteiger charge is -2.14. The SMILES string of the molecule is c1ccc(-c2ccccc2-c2nc(-c3ccc(-c4ccc(-c5ccc(-c6ccc7c(c6)oc6ccccc67)c6ccccc56)cc4)cc3)nc(-c3ccccc3-c3ccccc3)n2)cc1. The second kappa shape index (κ2) is 16.2. The second-order valence-electron chi connectivity index (χ2n) is 16.3. The molecule has 0 aliphatic rings. The van der Waals surface area contributed by atoms with Gasteiger partial charge < -0.3 is 4.42 Å². The smallest absolute Gasteiger partial charge is 0.164 e. The molecule has 0 saturated heterocycles. The lowest BCUT2D eigenvalue weighted by Crippen LogP contribution is -2.02. The molecule has 0 radical (unpaired) electrons. The van der Waals surface area contributed by atoms with Gasteiger partial charge in [0.2, 0.25) is 0 Å². The standard InChI is InChI=1S/C61H39N3O/c1-3-15-42(16-4-1)47-19-7-11-24-55(47)60-62-59(63-61(64-60)56-25-12-8-20-48(56)43-17-5-2-6-18-43)45-33-29-41(30-34-45)40-27-31-44(32-28-40)49-37-38-50(52-22-10-9-21-51(49)52)46-35-36-54-53-23-13-14-26-57(53)65-58(54)39-46/h1-39H. The molecule has 12 rings (SSSR count). The lowest BCUT2D eigenvalue weighted by molar-refractivity contribution is 0.669. The number of aromatic nitrogens is 3. The Morgan fingerprint density at radius 2 is 0.600 bits per heavy atom. The molecule has 0 unspecified atom stereocenters. The maximum atomic E-state index is 6.27. The molecule has 0 fully saturated rings. The van der Waals surface area contributed by atoms with Crippen LogP contribution in [0.1, 0.15) is 0 Å². The van der Waals surface area contributed by atoms with E-state index in [9.17, 15) is 0 Å². The van der Waals surface area contributed by atoms with Crippen molar-refractivity contribution in [1.29, 1.82) is 0 Å². The Bertz CT molecular complexity index is 3590. The summed E-state index contributed by atoms with van der Waals surface area (Å²) in [5, 5.41) is 4.69. The molecule has 304 valence electrons. The zero-order valence-corrected chi connectivity index (χ0v) is 35.3. The maximum Gasteiger partial charge on any atom is 0.164 e. The highest BCUT2D eigenvalue weighted by Gasteiger charge is 2.18. The fourth-order valence-corrected chi connectivity index (χ4v) is 9.19. The minimum Gasteiger partial charge on any atom is -0.456 e. The van der Waals surface area contributed by atoms with Gasteiger partial charge in [-0.2, -0.15) is 0 Å². The van der Waals surface area contributed by atoms with Crippen LogP contribution in [0.25, 0.3) is 123 Å². The summed E-state index contributed by atoms with van der Waals surface area (Å²) in [7, 11) is 0. The minimum absolute atomic E-state index is 0.616. The van der Waals surface area contributed by atoms with Gasteiger partial charge in [-0.3, -0.25) is 0 Å². The van der Waals surface area contributed by atoms with Gasteiger partial charge in [0, 0.05) is 27.5 Å². The van der Waals surface area contributed by atoms with Crippen LogP contribution in [0, 0.1) is 0 Å². The van der Waals surface area contributed by atoms with Gasteiger partial charge in [0.05, 0.1) is 0 Å². The molecular formula is C61H39N3O. The molecule has 0 aliphatic carbocycles. The topological polar surface area (TPSA) is 51.8 Å². The second-order valence-corrected chi connectivity index (χ2v) is 16.3. The van der Waals surface area contributed by atoms with Crippen LogP contribution in [0.3, 0.4) is 0 Å². The Morgan fingerprint density at radius 1 is 0.215 bits per heavy atom. The third-order valence-electron chi connectivity index (χ3n) is 12.4. The number of furan rings is 1. The summed E-state index contributed by atoms with van der Waals surface area (Å²) in [4.78, 5) is 15.6. The van der Waals surface area contributed by atoms with Crippen LogP contribution >= 0.6 is 0 Å². The van der Waals surface area contributed by atoms with Gasteiger partial charge >= 0.3 is 0 Å². The van der Waals surface area contributed by atoms with Gasteiger partial charge in [0.15, 0.2) is 17.5 Å². The van der Waals surface area contributed by atoms with Gasteiger partial charge in [0.1, 0.15) is 11.2 Å². The van der Waals surface area contributed by atoms with E-state index in [1.807, 2.05) is 36.4 Å². The molecule has 2 aromatic heterocycles. The first-order valence-electron chi connectivity index (χ1n) is 21.9. The van der Waals surface area contributed by atoms with Crippen LogP contribution in [-0.4, -0.2) is 15.0 Å². The van der Waals surface area contributed by atoms with Crippen molar-refractivity contribution in [2.24, 2.45) is 0 Å². The predicted octanol–water partition coefficient (Wildman–Crippen LogP) is 16.3. The van der Waals surface area contributed by atoms with Crippen LogP contribution in [-0.2, 0) is 0 Å². The van der Waals surface area contributed by atoms with E-state index in [4.69, 9.17) is 19.4 Å². The third kappa shape index (κ3) is 7.04. The monoisotopic (exact) mass is 829 g/mol. The summed E-state index contributed by atoms with van der Waals surface area (Å²) in [5.74, 6) is 1.87. The summed E-state index contributed by atoms with van der Waals surface area (Å²) < 4.78 is 6.27. The van der Waals surface area contributed by atoms with Gasteiger partial charge in [-0.05, 0) is 84.6 Å². The van der Waals surface area contributed by atoms with Crippen molar-refractivity contribution in [2.45, 2.75) is 0 Å². The van der Waals surface area contributed by atoms with E-state index in [-0.39, 0.29) is 0 Å². The van der Waals surface area contributed by atoms with Gasteiger partial charge in [-0.1, -0.05) is 218 Å². The molecule has 4 nitrogen and oxygen atoms in total. The number of rotatable bonds is 8. The van der Waals surface area contributed by atoms with Crippen molar-refractivity contribution in [3.63, 3.8) is 0 Å². The highest BCUT2D eigenvalue weighted by atomic mass is 16.3. The normalized spacial score (nSPS) is 11.4. The Labute approximate surface area is 376 Å². The lowest BCUT2D eigenvalue weighted by atomic mass is 9.91. The fraction of sp³-hybridized carbons (Fsp3) is 0. The maximum absolute atomic E-state index is 6.27. The summed E-state index contributed by atoms with van der Waals surface area (Å²) >= 11 is 0. The first-order chi connectivity index (χ1) is 32.2. The van der Waals surface area contributed by atoms with Gasteiger partial charge in [-0.25, -0.2) is 15.0 Å². The van der Waals surface area contributed by atoms with Crippen molar-refractivity contribution in [1.82, 2.24) is 15.0 Å². The average Bonchev–Trinajstić information content (AvgIpc) is 3.77. The zero-order valence-electron chi connectivity index (χ0n) is 35.3. The van der Waals surface area contributed by atoms with Crippen LogP contribution in [0.15, 0.2) is 241 Å². The fourth-order valence-electron chi connectivity index (χ4n) is 9.19. The minimum atomic E-state index is 0.616. The summed E-state index contributed by atoms with van der Waals surface area (Å²) in [6.07, 6.45) is 0. The largest absolute Gasteiger partial charge is 0.456 e. The van der Waals surface area contributed by atoms with E-state index in [2.05, 4.69) is 200 Å². The number of para-hydroxylation sites is 1. The van der Waals surface area contributed by atoms with E-state index in [0.717, 1.165) is 83.1 Å². The molecule has 0 bridgehead atoms. The van der Waals surface area contributed by atoms with Gasteiger partial charge in [0.25, 0.3) is 0 Å². The molecule has 0 spiro atoms. The molecule has 65 heavy (non-hydrogen) atoms. The van der Waals surface area contributed by atoms with Crippen molar-refractivity contribution >= 4 is 32.7 Å². The van der Waals surface area contributed by atoms with Crippen molar-refractivity contribution in [3.8, 4) is 89.8 Å². The Balaban J connectivity index is 0.888.